The van der Waals surface area contributed by atoms with Crippen molar-refractivity contribution >= 4 is 46.7 Å². The number of carbonyl (C=O) groups excluding carboxylic acids is 3. The second-order valence-electron chi connectivity index (χ2n) is 7.50. The number of nitrogen functional groups attached to an aromatic ring is 1. The first-order valence-corrected chi connectivity index (χ1v) is 10.3. The van der Waals surface area contributed by atoms with Crippen LogP contribution in [0, 0.1) is 5.92 Å². The van der Waals surface area contributed by atoms with Crippen molar-refractivity contribution in [1.29, 1.82) is 0 Å². The number of hydrogen-bond acceptors (Lipinski definition) is 6. The fraction of sp³-hybridized carbons (Fsp3) is 0.286. The minimum absolute atomic E-state index is 0.140. The van der Waals surface area contributed by atoms with Crippen LogP contribution in [0.4, 0.5) is 15.8 Å². The number of carboxylic acids is 1. The van der Waals surface area contributed by atoms with Gasteiger partial charge in [-0.1, -0.05) is 25.4 Å². The Morgan fingerprint density at radius 1 is 1.24 bits per heavy atom. The van der Waals surface area contributed by atoms with Gasteiger partial charge < -0.3 is 20.7 Å². The molecule has 0 aliphatic carbocycles. The van der Waals surface area contributed by atoms with Crippen molar-refractivity contribution in [2.45, 2.75) is 19.9 Å². The number of nitrogens with one attached hydrogen (secondary N) is 2. The molecule has 13 heteroatoms. The number of pyridine rings is 1. The highest BCUT2D eigenvalue weighted by Gasteiger charge is 2.29. The maximum atomic E-state index is 13.0. The first-order chi connectivity index (χ1) is 16.0. The Balaban J connectivity index is 2.35. The number of alkyl halides is 1. The number of anilines is 2. The van der Waals surface area contributed by atoms with E-state index < -0.39 is 54.4 Å². The van der Waals surface area contributed by atoms with Gasteiger partial charge in [-0.05, 0) is 36.2 Å². The zero-order valence-electron chi connectivity index (χ0n) is 18.2. The van der Waals surface area contributed by atoms with Crippen molar-refractivity contribution in [3.8, 4) is 0 Å². The molecule has 182 valence electrons. The molecule has 0 saturated carbocycles. The Morgan fingerprint density at radius 2 is 1.91 bits per heavy atom. The van der Waals surface area contributed by atoms with Gasteiger partial charge in [0.2, 0.25) is 0 Å². The molecule has 2 aromatic rings. The molecule has 2 rings (SSSR count). The Hall–Kier alpha value is -3.93. The second-order valence-corrected chi connectivity index (χ2v) is 7.90. The maximum Gasteiger partial charge on any atom is 0.325 e. The molecular weight excluding hydrogens is 473 g/mol. The Morgan fingerprint density at radius 3 is 2.47 bits per heavy atom. The number of nitrogens with zero attached hydrogens (tertiary/aromatic N) is 2. The summed E-state index contributed by atoms with van der Waals surface area (Å²) in [5.74, 6) is -4.84. The van der Waals surface area contributed by atoms with Gasteiger partial charge in [-0.2, -0.15) is 0 Å². The molecule has 0 radical (unpaired) electrons. The van der Waals surface area contributed by atoms with Crippen molar-refractivity contribution in [2.24, 2.45) is 5.92 Å². The fourth-order valence-electron chi connectivity index (χ4n) is 3.03. The fourth-order valence-corrected chi connectivity index (χ4v) is 3.21. The number of rotatable bonds is 8. The molecule has 1 aromatic heterocycles. The van der Waals surface area contributed by atoms with E-state index in [0.717, 1.165) is 4.57 Å². The van der Waals surface area contributed by atoms with E-state index >= 15 is 0 Å². The molecule has 3 amide bonds. The summed E-state index contributed by atoms with van der Waals surface area (Å²) in [5, 5.41) is 11.8. The average Bonchev–Trinajstić information content (AvgIpc) is 2.76. The Labute approximate surface area is 198 Å². The van der Waals surface area contributed by atoms with E-state index in [1.54, 1.807) is 13.8 Å². The van der Waals surface area contributed by atoms with Crippen LogP contribution in [0.15, 0.2) is 41.3 Å². The number of amides is 3. The molecule has 0 aliphatic rings. The topological polar surface area (TPSA) is 164 Å². The van der Waals surface area contributed by atoms with Gasteiger partial charge in [0.05, 0.1) is 10.7 Å². The predicted octanol–water partition coefficient (Wildman–Crippen LogP) is 1.45. The molecule has 0 bridgehead atoms. The summed E-state index contributed by atoms with van der Waals surface area (Å²) in [6.07, 6.45) is 1.29. The van der Waals surface area contributed by atoms with Gasteiger partial charge in [-0.3, -0.25) is 29.4 Å². The summed E-state index contributed by atoms with van der Waals surface area (Å²) in [7, 11) is 0. The number of hydrogen-bond donors (Lipinski definition) is 4. The van der Waals surface area contributed by atoms with Crippen molar-refractivity contribution < 1.29 is 28.7 Å². The summed E-state index contributed by atoms with van der Waals surface area (Å²) < 4.78 is 13.8. The smallest absolute Gasteiger partial charge is 0.325 e. The SMILES string of the molecule is CC(C)C(C(=O)NN(CC(=O)O)C(=O)CF)n1cccc(NC(=O)c2ccc(N)c(Cl)c2)c1=O. The maximum absolute atomic E-state index is 13.0. The highest BCUT2D eigenvalue weighted by molar-refractivity contribution is 6.33. The average molecular weight is 496 g/mol. The van der Waals surface area contributed by atoms with Gasteiger partial charge in [-0.15, -0.1) is 0 Å². The van der Waals surface area contributed by atoms with Crippen molar-refractivity contribution in [2.75, 3.05) is 24.3 Å². The van der Waals surface area contributed by atoms with E-state index in [1.165, 1.54) is 36.5 Å². The van der Waals surface area contributed by atoms with E-state index in [-0.39, 0.29) is 22.0 Å². The standard InChI is InChI=1S/C21H23ClFN5O6/c1-11(2)18(20(33)26-28(10-17(30)31)16(29)9-23)27-7-3-4-15(21(27)34)25-19(32)12-5-6-14(24)13(22)8-12/h3-8,11,18H,9-10,24H2,1-2H3,(H,25,32)(H,26,33)(H,30,31). The third-order valence-electron chi connectivity index (χ3n) is 4.64. The number of halogens is 2. The van der Waals surface area contributed by atoms with Crippen LogP contribution in [-0.2, 0) is 14.4 Å². The molecule has 11 nitrogen and oxygen atoms in total. The number of hydrazine groups is 1. The molecule has 1 heterocycles. The monoisotopic (exact) mass is 495 g/mol. The van der Waals surface area contributed by atoms with Crippen LogP contribution in [0.2, 0.25) is 5.02 Å². The molecule has 5 N–H and O–H groups in total. The van der Waals surface area contributed by atoms with Gasteiger partial charge in [0.25, 0.3) is 23.3 Å². The molecule has 1 unspecified atom stereocenters. The Kier molecular flexibility index (Phi) is 8.73. The molecule has 1 atom stereocenters. The number of carbonyl (C=O) groups is 4. The number of aliphatic carboxylic acids is 1. The van der Waals surface area contributed by atoms with Crippen LogP contribution in [-0.4, -0.2) is 51.6 Å². The van der Waals surface area contributed by atoms with Crippen LogP contribution < -0.4 is 22.0 Å². The number of nitrogens with two attached hydrogens (primary N) is 1. The van der Waals surface area contributed by atoms with Gasteiger partial charge >= 0.3 is 5.97 Å². The quantitative estimate of drug-likeness (QED) is 0.318. The first-order valence-electron chi connectivity index (χ1n) is 9.92. The molecule has 1 aromatic carbocycles. The lowest BCUT2D eigenvalue weighted by molar-refractivity contribution is -0.151. The predicted molar refractivity (Wildman–Crippen MR) is 122 cm³/mol. The highest BCUT2D eigenvalue weighted by Crippen LogP contribution is 2.21. The van der Waals surface area contributed by atoms with E-state index in [4.69, 9.17) is 22.4 Å². The summed E-state index contributed by atoms with van der Waals surface area (Å²) in [6, 6.07) is 5.70. The molecule has 0 aliphatic heterocycles. The minimum atomic E-state index is -1.53. The minimum Gasteiger partial charge on any atom is -0.480 e. The van der Waals surface area contributed by atoms with Crippen molar-refractivity contribution in [3.63, 3.8) is 0 Å². The van der Waals surface area contributed by atoms with Crippen molar-refractivity contribution in [3.05, 3.63) is 57.5 Å². The zero-order valence-corrected chi connectivity index (χ0v) is 19.0. The summed E-state index contributed by atoms with van der Waals surface area (Å²) >= 11 is 5.93. The largest absolute Gasteiger partial charge is 0.480 e. The number of aromatic nitrogens is 1. The first kappa shape index (κ1) is 26.3. The number of carboxylic acid groups (broad SMARTS) is 1. The normalized spacial score (nSPS) is 11.6. The lowest BCUT2D eigenvalue weighted by atomic mass is 10.0. The molecule has 0 spiro atoms. The van der Waals surface area contributed by atoms with E-state index in [0.29, 0.717) is 5.01 Å². The molecular formula is C21H23ClFN5O6. The van der Waals surface area contributed by atoms with Crippen LogP contribution in [0.5, 0.6) is 0 Å². The lowest BCUT2D eigenvalue weighted by Crippen LogP contribution is -2.52. The van der Waals surface area contributed by atoms with Crippen LogP contribution in [0.1, 0.15) is 30.2 Å². The summed E-state index contributed by atoms with van der Waals surface area (Å²) in [5.41, 5.74) is 7.20. The third kappa shape index (κ3) is 6.32. The lowest BCUT2D eigenvalue weighted by Gasteiger charge is -2.27. The molecule has 34 heavy (non-hydrogen) atoms. The van der Waals surface area contributed by atoms with Crippen molar-refractivity contribution in [1.82, 2.24) is 15.0 Å². The summed E-state index contributed by atoms with van der Waals surface area (Å²) in [6.45, 7) is 0.707. The van der Waals surface area contributed by atoms with E-state index in [1.807, 2.05) is 0 Å². The van der Waals surface area contributed by atoms with Gasteiger partial charge in [0.1, 0.15) is 18.3 Å². The number of benzene rings is 1. The van der Waals surface area contributed by atoms with Crippen LogP contribution in [0.25, 0.3) is 0 Å². The molecule has 0 saturated heterocycles. The van der Waals surface area contributed by atoms with Gasteiger partial charge in [-0.25, -0.2) is 9.40 Å². The van der Waals surface area contributed by atoms with Crippen LogP contribution in [0.3, 0.4) is 0 Å². The van der Waals surface area contributed by atoms with E-state index in [9.17, 15) is 28.4 Å². The van der Waals surface area contributed by atoms with Gasteiger partial charge in [0.15, 0.2) is 6.67 Å². The van der Waals surface area contributed by atoms with Gasteiger partial charge in [0, 0.05) is 11.8 Å². The van der Waals surface area contributed by atoms with Crippen LogP contribution >= 0.6 is 11.6 Å². The Bertz CT molecular complexity index is 1170. The zero-order chi connectivity index (χ0) is 25.6. The highest BCUT2D eigenvalue weighted by atomic mass is 35.5. The van der Waals surface area contributed by atoms with E-state index in [2.05, 4.69) is 10.7 Å². The molecule has 0 fully saturated rings. The third-order valence-corrected chi connectivity index (χ3v) is 4.97. The summed E-state index contributed by atoms with van der Waals surface area (Å²) in [4.78, 5) is 61.1. The second kappa shape index (κ2) is 11.3.